The highest BCUT2D eigenvalue weighted by molar-refractivity contribution is 5.95. The molecule has 26 heteroatoms. The minimum Gasteiger partial charge on any atom is -0.491 e. The zero-order valence-corrected chi connectivity index (χ0v) is 50.5. The fraction of sp³-hybridized carbons (Fsp3) is 0.683. The van der Waals surface area contributed by atoms with Crippen molar-refractivity contribution in [2.75, 3.05) is 185 Å². The van der Waals surface area contributed by atoms with E-state index in [9.17, 15) is 19.8 Å². The summed E-state index contributed by atoms with van der Waals surface area (Å²) in [6.07, 6.45) is 4.15. The highest BCUT2D eigenvalue weighted by Crippen LogP contribution is 2.24. The van der Waals surface area contributed by atoms with Crippen molar-refractivity contribution in [3.05, 3.63) is 83.9 Å². The minimum absolute atomic E-state index is 0.0191. The molecule has 3 aromatic carbocycles. The molecular weight excluding hydrogens is 1170 g/mol. The topological polar surface area (TPSA) is 311 Å². The molecule has 12 atom stereocenters. The lowest BCUT2D eigenvalue weighted by Gasteiger charge is -2.15. The molecule has 0 amide bonds. The summed E-state index contributed by atoms with van der Waals surface area (Å²) in [7, 11) is 0. The SMILES string of the molecule is C(CCOCC1CO1)COCC1CO1.C(COCC1CO1)COCC1CO1.O=C(OCC1CO1)c1cccc(C(=O)OCC2CO2)c1.OC(COCC1CO1)COc1cccc(OCC(O)COCC2CO2)c1.c1cc(OCC2CO2)cc(OCC2CO2)c1. The van der Waals surface area contributed by atoms with E-state index < -0.39 is 24.1 Å². The highest BCUT2D eigenvalue weighted by atomic mass is 16.6. The van der Waals surface area contributed by atoms with E-state index in [1.807, 2.05) is 24.3 Å². The second kappa shape index (κ2) is 38.8. The van der Waals surface area contributed by atoms with Crippen LogP contribution in [-0.4, -0.2) is 280 Å². The maximum atomic E-state index is 11.8. The van der Waals surface area contributed by atoms with Crippen LogP contribution >= 0.6 is 0 Å². The molecule has 0 saturated carbocycles. The van der Waals surface area contributed by atoms with Crippen molar-refractivity contribution in [3.8, 4) is 23.0 Å². The van der Waals surface area contributed by atoms with Crippen LogP contribution in [0.1, 0.15) is 40.0 Å². The van der Waals surface area contributed by atoms with E-state index in [1.54, 1.807) is 42.5 Å². The first-order chi connectivity index (χ1) is 43.7. The summed E-state index contributed by atoms with van der Waals surface area (Å²) in [5, 5.41) is 19.7. The Bertz CT molecular complexity index is 2280. The van der Waals surface area contributed by atoms with Crippen LogP contribution in [0.15, 0.2) is 72.8 Å². The Morgan fingerprint density at radius 2 is 0.607 bits per heavy atom. The summed E-state index contributed by atoms with van der Waals surface area (Å²) in [5.41, 5.74) is 0.644. The van der Waals surface area contributed by atoms with Crippen molar-refractivity contribution in [3.63, 3.8) is 0 Å². The first-order valence-electron chi connectivity index (χ1n) is 30.9. The molecule has 10 heterocycles. The summed E-state index contributed by atoms with van der Waals surface area (Å²) in [4.78, 5) is 23.6. The largest absolute Gasteiger partial charge is 0.491 e. The lowest BCUT2D eigenvalue weighted by Crippen LogP contribution is -2.25. The summed E-state index contributed by atoms with van der Waals surface area (Å²) in [5.74, 6) is 1.85. The number of esters is 2. The fourth-order valence-electron chi connectivity index (χ4n) is 7.29. The average Bonchev–Trinajstić information content (AvgIpc) is 4.53. The smallest absolute Gasteiger partial charge is 0.338 e. The third-order valence-corrected chi connectivity index (χ3v) is 13.4. The van der Waals surface area contributed by atoms with Gasteiger partial charge in [0.1, 0.15) is 136 Å². The van der Waals surface area contributed by atoms with E-state index in [0.717, 1.165) is 136 Å². The molecule has 0 aliphatic carbocycles. The van der Waals surface area contributed by atoms with Gasteiger partial charge in [-0.3, -0.25) is 0 Å². The molecule has 3 aromatic rings. The van der Waals surface area contributed by atoms with Crippen LogP contribution in [0.25, 0.3) is 0 Å². The molecule has 0 bridgehead atoms. The van der Waals surface area contributed by atoms with Crippen molar-refractivity contribution in [2.24, 2.45) is 0 Å². The summed E-state index contributed by atoms with van der Waals surface area (Å²) >= 11 is 0. The van der Waals surface area contributed by atoms with Gasteiger partial charge in [0.15, 0.2) is 0 Å². The number of hydrogen-bond acceptors (Lipinski definition) is 26. The van der Waals surface area contributed by atoms with E-state index >= 15 is 0 Å². The van der Waals surface area contributed by atoms with Crippen LogP contribution in [0, 0.1) is 0 Å². The molecule has 10 aliphatic rings. The van der Waals surface area contributed by atoms with Gasteiger partial charge in [0.25, 0.3) is 0 Å². The number of carbonyl (C=O) groups is 2. The molecule has 0 aromatic heterocycles. The normalized spacial score (nSPS) is 25.7. The monoisotopic (exact) mass is 1260 g/mol. The molecule has 10 saturated heterocycles. The van der Waals surface area contributed by atoms with E-state index in [4.69, 9.17) is 104 Å². The number of epoxide rings is 10. The van der Waals surface area contributed by atoms with Crippen LogP contribution in [0.5, 0.6) is 23.0 Å². The first-order valence-corrected chi connectivity index (χ1v) is 30.9. The number of aliphatic hydroxyl groups is 2. The quantitative estimate of drug-likeness (QED) is 0.0467. The Morgan fingerprint density at radius 3 is 0.933 bits per heavy atom. The highest BCUT2D eigenvalue weighted by Gasteiger charge is 2.29. The second-order valence-corrected chi connectivity index (χ2v) is 22.3. The van der Waals surface area contributed by atoms with Gasteiger partial charge < -0.3 is 114 Å². The van der Waals surface area contributed by atoms with Crippen molar-refractivity contribution >= 4 is 11.9 Å². The number of carbonyl (C=O) groups excluding carboxylic acids is 2. The number of ether oxygens (including phenoxy) is 22. The van der Waals surface area contributed by atoms with Crippen LogP contribution in [0.2, 0.25) is 0 Å². The van der Waals surface area contributed by atoms with Gasteiger partial charge in [-0.1, -0.05) is 18.2 Å². The van der Waals surface area contributed by atoms with Crippen LogP contribution in [0.4, 0.5) is 0 Å². The lowest BCUT2D eigenvalue weighted by atomic mass is 10.1. The Balaban J connectivity index is 0.000000135. The Hall–Kier alpha value is -4.92. The second-order valence-electron chi connectivity index (χ2n) is 22.3. The minimum atomic E-state index is -0.715. The molecule has 496 valence electrons. The van der Waals surface area contributed by atoms with Crippen LogP contribution < -0.4 is 18.9 Å². The molecule has 89 heavy (non-hydrogen) atoms. The summed E-state index contributed by atoms with van der Waals surface area (Å²) in [6.45, 7) is 17.4. The molecule has 26 nitrogen and oxygen atoms in total. The summed E-state index contributed by atoms with van der Waals surface area (Å²) < 4.78 is 115. The van der Waals surface area contributed by atoms with Crippen LogP contribution in [-0.2, 0) is 85.3 Å². The van der Waals surface area contributed by atoms with Gasteiger partial charge in [0, 0.05) is 38.6 Å². The lowest BCUT2D eigenvalue weighted by molar-refractivity contribution is 0.00630. The zero-order valence-electron chi connectivity index (χ0n) is 50.5. The zero-order chi connectivity index (χ0) is 61.5. The van der Waals surface area contributed by atoms with Crippen molar-refractivity contribution in [1.82, 2.24) is 0 Å². The maximum absolute atomic E-state index is 11.8. The van der Waals surface area contributed by atoms with Gasteiger partial charge >= 0.3 is 11.9 Å². The number of rotatable bonds is 43. The molecular formula is C63H88O26. The van der Waals surface area contributed by atoms with Crippen molar-refractivity contribution in [2.45, 2.75) is 92.5 Å². The Kier molecular flexibility index (Phi) is 29.9. The predicted molar refractivity (Wildman–Crippen MR) is 310 cm³/mol. The third-order valence-electron chi connectivity index (χ3n) is 13.4. The molecule has 13 rings (SSSR count). The number of unbranched alkanes of at least 4 members (excludes halogenated alkanes) is 1. The molecule has 10 fully saturated rings. The fourth-order valence-corrected chi connectivity index (χ4v) is 7.29. The van der Waals surface area contributed by atoms with Gasteiger partial charge in [-0.05, 0) is 61.7 Å². The third kappa shape index (κ3) is 34.4. The van der Waals surface area contributed by atoms with Gasteiger partial charge in [0.2, 0.25) is 0 Å². The average molecular weight is 1260 g/mol. The molecule has 2 N–H and O–H groups in total. The maximum Gasteiger partial charge on any atom is 0.338 e. The van der Waals surface area contributed by atoms with Crippen molar-refractivity contribution in [1.29, 1.82) is 0 Å². The van der Waals surface area contributed by atoms with E-state index in [0.29, 0.717) is 86.7 Å². The predicted octanol–water partition coefficient (Wildman–Crippen LogP) is 2.84. The number of hydrogen-bond donors (Lipinski definition) is 2. The summed E-state index contributed by atoms with van der Waals surface area (Å²) in [6, 6.07) is 21.0. The number of aliphatic hydroxyl groups excluding tert-OH is 2. The van der Waals surface area contributed by atoms with E-state index in [1.165, 1.54) is 6.07 Å². The standard InChI is InChI=1S/C18H26O8.C14H14O6.C12H14O4.C10H18O4.C9H16O4/c19-13(5-21-9-17-11-25-17)7-23-15-2-1-3-16(4-15)24-8-14(20)6-22-10-18-12-26-18;15-13(19-7-11-5-17-11)9-2-1-3-10(4-9)14(16)20-8-12-6-18-12;1-2-9(13-5-11-7-15-11)4-10(3-1)14-6-12-8-16-12;1(3-11-5-9-7-13-9)2-4-12-6-10-8-14-10;1(2-10-4-8-6-12-8)3-11-5-9-7-13-9/h1-4,13-14,17-20H,5-12H2;1-4,11-12H,5-8H2;1-4,11-12H,5-8H2;9-10H,1-8H2;8-9H,1-7H2. The van der Waals surface area contributed by atoms with Gasteiger partial charge in [-0.2, -0.15) is 0 Å². The van der Waals surface area contributed by atoms with Gasteiger partial charge in [-0.15, -0.1) is 0 Å². The van der Waals surface area contributed by atoms with Gasteiger partial charge in [-0.25, -0.2) is 9.59 Å². The van der Waals surface area contributed by atoms with Gasteiger partial charge in [0.05, 0.1) is 130 Å². The first kappa shape index (κ1) is 68.4. The Labute approximate surface area is 518 Å². The Morgan fingerprint density at radius 1 is 0.337 bits per heavy atom. The van der Waals surface area contributed by atoms with Crippen LogP contribution in [0.3, 0.4) is 0 Å². The van der Waals surface area contributed by atoms with Crippen molar-refractivity contribution < 1.29 is 124 Å². The molecule has 10 aliphatic heterocycles. The molecule has 12 unspecified atom stereocenters. The van der Waals surface area contributed by atoms with E-state index in [-0.39, 0.29) is 76.3 Å². The van der Waals surface area contributed by atoms with E-state index in [2.05, 4.69) is 0 Å². The number of benzene rings is 3. The molecule has 0 radical (unpaired) electrons. The molecule has 0 spiro atoms.